The molecule has 0 unspecified atom stereocenters. The number of aromatic nitrogens is 4. The zero-order chi connectivity index (χ0) is 65.3. The molecule has 9 aromatic rings. The average Bonchev–Trinajstić information content (AvgIpc) is 3.66. The molecule has 4 heterocycles. The maximum atomic E-state index is 14.9. The molecule has 0 fully saturated rings. The number of hydrogen-bond acceptors (Lipinski definition) is 14. The van der Waals surface area contributed by atoms with Gasteiger partial charge in [-0.05, 0) is 96.3 Å². The quantitative estimate of drug-likeness (QED) is 0.0255. The third-order valence-corrected chi connectivity index (χ3v) is 14.9. The van der Waals surface area contributed by atoms with Crippen LogP contribution in [0.25, 0.3) is 0 Å². The first kappa shape index (κ1) is 65.8. The maximum absolute atomic E-state index is 14.9. The van der Waals surface area contributed by atoms with E-state index in [1.165, 1.54) is 99.9 Å². The molecule has 93 heavy (non-hydrogen) atoms. The summed E-state index contributed by atoms with van der Waals surface area (Å²) in [5.74, 6) is -2.46. The molecule has 0 atom stereocenters. The van der Waals surface area contributed by atoms with Gasteiger partial charge in [-0.25, -0.2) is 0 Å². The minimum Gasteiger partial charge on any atom is -0.406 e. The van der Waals surface area contributed by atoms with Crippen molar-refractivity contribution in [3.8, 4) is 0 Å². The van der Waals surface area contributed by atoms with Crippen molar-refractivity contribution < 1.29 is 43.5 Å². The van der Waals surface area contributed by atoms with Gasteiger partial charge in [0.05, 0.1) is 4.92 Å². The van der Waals surface area contributed by atoms with Crippen LogP contribution in [0.3, 0.4) is 0 Å². The Morgan fingerprint density at radius 1 is 0.398 bits per heavy atom. The van der Waals surface area contributed by atoms with Gasteiger partial charge in [0, 0.05) is 82.5 Å². The van der Waals surface area contributed by atoms with Gasteiger partial charge in [-0.15, -0.1) is 9.46 Å². The summed E-state index contributed by atoms with van der Waals surface area (Å²) in [6.07, 6.45) is 3.92. The number of carbonyl (C=O) groups excluding carboxylic acids is 4. The second kappa shape index (κ2) is 33.3. The molecule has 0 radical (unpaired) electrons. The van der Waals surface area contributed by atoms with Gasteiger partial charge in [0.25, 0.3) is 51.6 Å². The van der Waals surface area contributed by atoms with Crippen molar-refractivity contribution in [2.45, 2.75) is 58.5 Å². The number of carbonyl (C=O) groups is 4. The molecule has 0 aliphatic heterocycles. The van der Waals surface area contributed by atoms with Crippen molar-refractivity contribution in [1.29, 1.82) is 0 Å². The van der Waals surface area contributed by atoms with Gasteiger partial charge >= 0.3 is 0 Å². The van der Waals surface area contributed by atoms with Crippen LogP contribution in [-0.4, -0.2) is 108 Å². The smallest absolute Gasteiger partial charge is 0.295 e. The van der Waals surface area contributed by atoms with Gasteiger partial charge < -0.3 is 39.4 Å². The van der Waals surface area contributed by atoms with Crippen LogP contribution in [0.2, 0.25) is 0 Å². The van der Waals surface area contributed by atoms with Crippen molar-refractivity contribution in [2.75, 3.05) is 45.8 Å². The summed E-state index contributed by atoms with van der Waals surface area (Å²) in [7, 11) is 0. The summed E-state index contributed by atoms with van der Waals surface area (Å²) in [4.78, 5) is 151. The third kappa shape index (κ3) is 18.5. The van der Waals surface area contributed by atoms with Gasteiger partial charge in [-0.2, -0.15) is 9.46 Å². The summed E-state index contributed by atoms with van der Waals surface area (Å²) in [6, 6.07) is 56.7. The number of nitrogens with one attached hydrogen (secondary N) is 1. The summed E-state index contributed by atoms with van der Waals surface area (Å²) in [5.41, 5.74) is 0.576. The van der Waals surface area contributed by atoms with Crippen LogP contribution in [0.4, 0.5) is 5.69 Å². The van der Waals surface area contributed by atoms with Crippen LogP contribution < -0.4 is 46.9 Å². The van der Waals surface area contributed by atoms with Gasteiger partial charge in [-0.3, -0.25) is 48.5 Å². The van der Waals surface area contributed by atoms with E-state index in [0.29, 0.717) is 5.56 Å². The molecule has 9 rings (SSSR count). The molecule has 1 N–H and O–H groups in total. The Balaban J connectivity index is 0.944. The fourth-order valence-corrected chi connectivity index (χ4v) is 10.0. The summed E-state index contributed by atoms with van der Waals surface area (Å²) < 4.78 is 3.85. The molecule has 0 bridgehead atoms. The molecule has 5 aromatic carbocycles. The number of non-ortho nitro benzene ring substituents is 1. The Morgan fingerprint density at radius 2 is 0.796 bits per heavy atom. The van der Waals surface area contributed by atoms with E-state index in [4.69, 9.17) is 19.4 Å². The second-order valence-electron chi connectivity index (χ2n) is 21.4. The zero-order valence-corrected chi connectivity index (χ0v) is 50.9. The molecular weight excluding hydrogens is 1190 g/mol. The lowest BCUT2D eigenvalue weighted by Gasteiger charge is -2.27. The van der Waals surface area contributed by atoms with Gasteiger partial charge in [-0.1, -0.05) is 146 Å². The van der Waals surface area contributed by atoms with E-state index >= 15 is 0 Å². The van der Waals surface area contributed by atoms with Crippen LogP contribution >= 0.6 is 0 Å². The van der Waals surface area contributed by atoms with E-state index in [9.17, 15) is 48.5 Å². The zero-order valence-electron chi connectivity index (χ0n) is 50.9. The van der Waals surface area contributed by atoms with E-state index in [0.717, 1.165) is 41.2 Å². The van der Waals surface area contributed by atoms with Crippen LogP contribution in [0, 0.1) is 10.1 Å². The number of unbranched alkanes of at least 4 members (excludes halogenated alkanes) is 1. The third-order valence-electron chi connectivity index (χ3n) is 14.9. The van der Waals surface area contributed by atoms with Gasteiger partial charge in [0.15, 0.2) is 0 Å². The Morgan fingerprint density at radius 3 is 1.26 bits per heavy atom. The first-order valence-electron chi connectivity index (χ1n) is 30.3. The van der Waals surface area contributed by atoms with Crippen LogP contribution in [0.1, 0.15) is 95.2 Å². The van der Waals surface area contributed by atoms with E-state index in [1.54, 1.807) is 12.1 Å². The number of nitro groups is 1. The lowest BCUT2D eigenvalue weighted by molar-refractivity contribution is -0.384. The number of hydrogen-bond donors (Lipinski definition) is 1. The van der Waals surface area contributed by atoms with Gasteiger partial charge in [0.1, 0.15) is 48.9 Å². The number of nitro benzene ring substituents is 1. The van der Waals surface area contributed by atoms with Crippen molar-refractivity contribution in [3.63, 3.8) is 0 Å². The Kier molecular flexibility index (Phi) is 23.5. The highest BCUT2D eigenvalue weighted by Crippen LogP contribution is 2.16. The van der Waals surface area contributed by atoms with Crippen molar-refractivity contribution in [2.24, 2.45) is 0 Å². The number of rotatable bonds is 33. The first-order valence-corrected chi connectivity index (χ1v) is 30.3. The highest BCUT2D eigenvalue weighted by Gasteiger charge is 2.26. The standard InChI is InChI=1S/C70H69N9O14/c80-63-33-15-31-61(77(63)92-51-56-25-9-3-10-26-56)65(82)71-40-19-43-73(70(87)62-32-16-34-64(81)78(62)93-52-57-27-11-4-12-28-57)42-14-13-41-72(66(83)59-29-17-46-75(68(59)85)90-49-54-21-5-1-6-22-54)44-20-45-74(48-39-53-35-37-58(38-36-53)79(88)89)67(84)60-30-18-47-76(69(60)86)91-50-55-23-7-2-8-24-55/h1-12,15-18,21-38,46-47H,13-14,19-20,39-45,48-52H2,(H,71,82). The fraction of sp³-hybridized carbons (Fsp3) is 0.229. The molecule has 4 aromatic heterocycles. The maximum Gasteiger partial charge on any atom is 0.295 e. The van der Waals surface area contributed by atoms with E-state index in [1.807, 2.05) is 121 Å². The van der Waals surface area contributed by atoms with E-state index < -0.39 is 50.8 Å². The number of amides is 4. The molecule has 0 saturated heterocycles. The summed E-state index contributed by atoms with van der Waals surface area (Å²) >= 11 is 0. The van der Waals surface area contributed by atoms with Crippen molar-refractivity contribution >= 4 is 29.3 Å². The van der Waals surface area contributed by atoms with E-state index in [-0.39, 0.29) is 133 Å². The van der Waals surface area contributed by atoms with Gasteiger partial charge in [0.2, 0.25) is 0 Å². The summed E-state index contributed by atoms with van der Waals surface area (Å²) in [6.45, 7) is 0.299. The Bertz CT molecular complexity index is 4220. The molecule has 23 nitrogen and oxygen atoms in total. The van der Waals surface area contributed by atoms with Crippen LogP contribution in [0.15, 0.2) is 238 Å². The number of benzene rings is 5. The largest absolute Gasteiger partial charge is 0.406 e. The lowest BCUT2D eigenvalue weighted by Crippen LogP contribution is -2.42. The molecule has 0 saturated carbocycles. The molecule has 0 aliphatic rings. The number of pyridine rings is 4. The Labute approximate surface area is 534 Å². The highest BCUT2D eigenvalue weighted by atomic mass is 16.7. The fourth-order valence-electron chi connectivity index (χ4n) is 10.0. The number of nitrogens with zero attached hydrogens (tertiary/aromatic N) is 8. The highest BCUT2D eigenvalue weighted by molar-refractivity contribution is 5.95. The topological polar surface area (TPSA) is 258 Å². The minimum absolute atomic E-state index is 0.000977. The van der Waals surface area contributed by atoms with Crippen LogP contribution in [0.5, 0.6) is 0 Å². The summed E-state index contributed by atoms with van der Waals surface area (Å²) in [5, 5.41) is 14.3. The molecule has 4 amide bonds. The lowest BCUT2D eigenvalue weighted by atomic mass is 10.1. The normalized spacial score (nSPS) is 10.8. The first-order chi connectivity index (χ1) is 45.3. The molecule has 23 heteroatoms. The molecule has 0 spiro atoms. The molecule has 478 valence electrons. The van der Waals surface area contributed by atoms with Crippen LogP contribution in [-0.2, 0) is 32.8 Å². The predicted octanol–water partition coefficient (Wildman–Crippen LogP) is 6.72. The monoisotopic (exact) mass is 1260 g/mol. The SMILES string of the molecule is O=C(NCCCN(CCCCN(CCCN(CCc1ccc([N+](=O)[O-])cc1)C(=O)c1cccn(OCc2ccccc2)c1=O)C(=O)c1cccn(OCc2ccccc2)c1=O)C(=O)c1cccc(=O)n1OCc1ccccc1)c1cccc(=O)n1OCc1ccccc1. The van der Waals surface area contributed by atoms with E-state index in [2.05, 4.69) is 5.32 Å². The van der Waals surface area contributed by atoms with Crippen molar-refractivity contribution in [3.05, 3.63) is 321 Å². The average molecular weight is 1260 g/mol. The second-order valence-corrected chi connectivity index (χ2v) is 21.4. The minimum atomic E-state index is -0.722. The van der Waals surface area contributed by atoms with Crippen molar-refractivity contribution in [1.82, 2.24) is 38.9 Å². The Hall–Kier alpha value is -11.6. The molecular formula is C70H69N9O14. The molecule has 0 aliphatic carbocycles. The predicted molar refractivity (Wildman–Crippen MR) is 345 cm³/mol.